The third kappa shape index (κ3) is 3.63. The number of benzene rings is 3. The number of fused-ring (bicyclic) bond motifs is 1. The molecule has 1 aliphatic heterocycles. The Morgan fingerprint density at radius 2 is 1.67 bits per heavy atom. The Hall–Kier alpha value is -3.35. The Morgan fingerprint density at radius 1 is 0.933 bits per heavy atom. The van der Waals surface area contributed by atoms with Crippen LogP contribution in [0.1, 0.15) is 5.56 Å². The lowest BCUT2D eigenvalue weighted by atomic mass is 10.0. The third-order valence-corrected chi connectivity index (χ3v) is 5.83. The van der Waals surface area contributed by atoms with E-state index in [4.69, 9.17) is 4.42 Å². The van der Waals surface area contributed by atoms with Gasteiger partial charge in [0.05, 0.1) is 37.4 Å². The molecule has 0 radical (unpaired) electrons. The van der Waals surface area contributed by atoms with Gasteiger partial charge in [-0.05, 0) is 29.3 Å². The Labute approximate surface area is 174 Å². The van der Waals surface area contributed by atoms with Gasteiger partial charge in [0.25, 0.3) is 0 Å². The minimum Gasteiger partial charge on any atom is -0.632 e. The highest BCUT2D eigenvalue weighted by molar-refractivity contribution is 5.86. The molecule has 6 nitrogen and oxygen atoms in total. The molecule has 1 aromatic heterocycles. The van der Waals surface area contributed by atoms with Crippen molar-refractivity contribution < 1.29 is 9.06 Å². The lowest BCUT2D eigenvalue weighted by molar-refractivity contribution is -0.894. The minimum absolute atomic E-state index is 0.248. The van der Waals surface area contributed by atoms with Gasteiger partial charge in [-0.3, -0.25) is 4.98 Å². The Balaban J connectivity index is 1.32. The molecule has 2 heterocycles. The number of piperazine rings is 1. The first-order valence-electron chi connectivity index (χ1n) is 10.2. The summed E-state index contributed by atoms with van der Waals surface area (Å²) in [6.45, 7) is 2.67. The van der Waals surface area contributed by atoms with Crippen molar-refractivity contribution >= 4 is 16.8 Å². The van der Waals surface area contributed by atoms with E-state index in [9.17, 15) is 10.0 Å². The normalized spacial score (nSPS) is 16.1. The van der Waals surface area contributed by atoms with Gasteiger partial charge < -0.3 is 19.2 Å². The molecule has 0 bridgehead atoms. The van der Waals surface area contributed by atoms with E-state index in [2.05, 4.69) is 34.1 Å². The van der Waals surface area contributed by atoms with Crippen LogP contribution in [0.15, 0.2) is 82.0 Å². The molecule has 1 aliphatic rings. The van der Waals surface area contributed by atoms with Gasteiger partial charge >= 0.3 is 5.76 Å². The fourth-order valence-corrected chi connectivity index (χ4v) is 4.25. The predicted octanol–water partition coefficient (Wildman–Crippen LogP) is 4.12. The second-order valence-electron chi connectivity index (χ2n) is 7.89. The molecule has 0 atom stereocenters. The SMILES string of the molecule is O=c1[nH]c2cccc(N3CC[N+]([O-])(Cc4cccc(-c5ccccc5)c4)CC3)c2o1. The summed E-state index contributed by atoms with van der Waals surface area (Å²) in [5.74, 6) is -0.457. The fraction of sp³-hybridized carbons (Fsp3) is 0.208. The molecule has 1 N–H and O–H groups in total. The number of oxazole rings is 1. The van der Waals surface area contributed by atoms with Crippen molar-refractivity contribution in [1.82, 2.24) is 4.98 Å². The van der Waals surface area contributed by atoms with E-state index in [1.54, 1.807) is 0 Å². The van der Waals surface area contributed by atoms with Gasteiger partial charge in [-0.25, -0.2) is 4.79 Å². The summed E-state index contributed by atoms with van der Waals surface area (Å²) in [5.41, 5.74) is 5.45. The number of aromatic nitrogens is 1. The highest BCUT2D eigenvalue weighted by Crippen LogP contribution is 2.28. The maximum atomic E-state index is 13.4. The first-order valence-corrected chi connectivity index (χ1v) is 10.2. The van der Waals surface area contributed by atoms with E-state index in [-0.39, 0.29) is 4.65 Å². The number of hydrogen-bond acceptors (Lipinski definition) is 4. The number of aromatic amines is 1. The molecule has 3 aromatic carbocycles. The molecule has 0 amide bonds. The molecule has 0 aliphatic carbocycles. The second kappa shape index (κ2) is 7.48. The van der Waals surface area contributed by atoms with Gasteiger partial charge in [-0.15, -0.1) is 0 Å². The molecule has 0 saturated carbocycles. The Kier molecular flexibility index (Phi) is 4.65. The summed E-state index contributed by atoms with van der Waals surface area (Å²) in [6, 6.07) is 24.1. The lowest BCUT2D eigenvalue weighted by Crippen LogP contribution is -2.55. The van der Waals surface area contributed by atoms with Gasteiger partial charge in [-0.2, -0.15) is 0 Å². The molecule has 30 heavy (non-hydrogen) atoms. The Morgan fingerprint density at radius 3 is 2.47 bits per heavy atom. The number of hydroxylamine groups is 3. The zero-order chi connectivity index (χ0) is 20.6. The number of H-pyrrole nitrogens is 1. The van der Waals surface area contributed by atoms with Crippen molar-refractivity contribution in [3.05, 3.63) is 94.1 Å². The standard InChI is InChI=1S/C24H23N3O3/c28-24-25-21-10-5-11-22(23(21)30-24)26-12-14-27(29,15-13-26)17-18-6-4-9-20(16-18)19-7-2-1-3-8-19/h1-11,16H,12-15,17H2,(H,25,28). The van der Waals surface area contributed by atoms with Gasteiger partial charge in [-0.1, -0.05) is 54.6 Å². The molecule has 152 valence electrons. The number of hydrogen-bond donors (Lipinski definition) is 1. The summed E-state index contributed by atoms with van der Waals surface area (Å²) < 4.78 is 5.07. The molecule has 4 aromatic rings. The van der Waals surface area contributed by atoms with Gasteiger partial charge in [0.2, 0.25) is 0 Å². The third-order valence-electron chi connectivity index (χ3n) is 5.83. The summed E-state index contributed by atoms with van der Waals surface area (Å²) in [7, 11) is 0. The van der Waals surface area contributed by atoms with Crippen LogP contribution >= 0.6 is 0 Å². The highest BCUT2D eigenvalue weighted by Gasteiger charge is 2.27. The van der Waals surface area contributed by atoms with Crippen molar-refractivity contribution in [3.8, 4) is 11.1 Å². The van der Waals surface area contributed by atoms with Crippen molar-refractivity contribution in [2.24, 2.45) is 0 Å². The maximum absolute atomic E-state index is 13.4. The molecule has 5 rings (SSSR count). The smallest absolute Gasteiger partial charge is 0.417 e. The number of quaternary nitrogens is 1. The van der Waals surface area contributed by atoms with Crippen LogP contribution < -0.4 is 10.7 Å². The largest absolute Gasteiger partial charge is 0.632 e. The summed E-state index contributed by atoms with van der Waals surface area (Å²) >= 11 is 0. The monoisotopic (exact) mass is 401 g/mol. The van der Waals surface area contributed by atoms with E-state index in [1.165, 1.54) is 0 Å². The van der Waals surface area contributed by atoms with Crippen LogP contribution in [0.4, 0.5) is 5.69 Å². The van der Waals surface area contributed by atoms with E-state index in [0.717, 1.165) is 22.4 Å². The fourth-order valence-electron chi connectivity index (χ4n) is 4.25. The minimum atomic E-state index is -0.457. The summed E-state index contributed by atoms with van der Waals surface area (Å²) in [4.78, 5) is 16.4. The zero-order valence-corrected chi connectivity index (χ0v) is 16.6. The van der Waals surface area contributed by atoms with Crippen LogP contribution in [-0.4, -0.2) is 35.8 Å². The van der Waals surface area contributed by atoms with Crippen molar-refractivity contribution in [2.75, 3.05) is 31.1 Å². The van der Waals surface area contributed by atoms with Gasteiger partial charge in [0, 0.05) is 5.56 Å². The average Bonchev–Trinajstić information content (AvgIpc) is 3.15. The van der Waals surface area contributed by atoms with Crippen LogP contribution in [-0.2, 0) is 6.54 Å². The maximum Gasteiger partial charge on any atom is 0.417 e. The van der Waals surface area contributed by atoms with E-state index in [1.807, 2.05) is 48.5 Å². The number of nitrogens with one attached hydrogen (secondary N) is 1. The summed E-state index contributed by atoms with van der Waals surface area (Å²) in [5, 5.41) is 13.4. The molecule has 6 heteroatoms. The Bertz CT molecular complexity index is 1220. The van der Waals surface area contributed by atoms with Crippen LogP contribution in [0, 0.1) is 5.21 Å². The predicted molar refractivity (Wildman–Crippen MR) is 118 cm³/mol. The number of anilines is 1. The van der Waals surface area contributed by atoms with E-state index >= 15 is 0 Å². The number of nitrogens with zero attached hydrogens (tertiary/aromatic N) is 2. The molecular formula is C24H23N3O3. The van der Waals surface area contributed by atoms with Gasteiger partial charge in [0.15, 0.2) is 5.58 Å². The van der Waals surface area contributed by atoms with Crippen molar-refractivity contribution in [1.29, 1.82) is 0 Å². The molecular weight excluding hydrogens is 378 g/mol. The van der Waals surface area contributed by atoms with E-state index in [0.29, 0.717) is 43.8 Å². The second-order valence-corrected chi connectivity index (χ2v) is 7.89. The van der Waals surface area contributed by atoms with Crippen LogP contribution in [0.25, 0.3) is 22.2 Å². The van der Waals surface area contributed by atoms with Crippen LogP contribution in [0.2, 0.25) is 0 Å². The quantitative estimate of drug-likeness (QED) is 0.412. The molecule has 1 fully saturated rings. The topological polar surface area (TPSA) is 72.3 Å². The zero-order valence-electron chi connectivity index (χ0n) is 16.6. The average molecular weight is 401 g/mol. The first kappa shape index (κ1) is 18.7. The number of rotatable bonds is 4. The van der Waals surface area contributed by atoms with Crippen LogP contribution in [0.5, 0.6) is 0 Å². The first-order chi connectivity index (χ1) is 14.6. The lowest BCUT2D eigenvalue weighted by Gasteiger charge is -2.48. The van der Waals surface area contributed by atoms with Crippen LogP contribution in [0.3, 0.4) is 0 Å². The van der Waals surface area contributed by atoms with Crippen molar-refractivity contribution in [3.63, 3.8) is 0 Å². The molecule has 0 unspecified atom stereocenters. The van der Waals surface area contributed by atoms with E-state index < -0.39 is 5.76 Å². The summed E-state index contributed by atoms with van der Waals surface area (Å²) in [6.07, 6.45) is 0. The number of para-hydroxylation sites is 1. The van der Waals surface area contributed by atoms with Gasteiger partial charge in [0.1, 0.15) is 6.54 Å². The highest BCUT2D eigenvalue weighted by atomic mass is 16.5. The molecule has 1 saturated heterocycles. The molecule has 0 spiro atoms. The van der Waals surface area contributed by atoms with Crippen molar-refractivity contribution in [2.45, 2.75) is 6.54 Å².